The molecule has 0 saturated heterocycles. The number of hydrogen-bond donors (Lipinski definition) is 5. The molecule has 8 heteroatoms. The lowest BCUT2D eigenvalue weighted by molar-refractivity contribution is 0.0928. The molecule has 1 aromatic heterocycles. The largest absolute Gasteiger partial charge is 0.392 e. The lowest BCUT2D eigenvalue weighted by atomic mass is 9.86. The van der Waals surface area contributed by atoms with E-state index in [4.69, 9.17) is 5.73 Å². The van der Waals surface area contributed by atoms with Gasteiger partial charge in [0.2, 0.25) is 0 Å². The first-order valence-electron chi connectivity index (χ1n) is 9.85. The summed E-state index contributed by atoms with van der Waals surface area (Å²) in [5.74, 6) is -0.573. The number of aromatic nitrogens is 2. The monoisotopic (exact) mass is 405 g/mol. The Kier molecular flexibility index (Phi) is 5.38. The SMILES string of the molecule is Nc1c(C(=O)N[C@@H]2CCCc3c(NCc4ccccc4)cccc32)[nH]c(=O)[nH]c1=O. The highest BCUT2D eigenvalue weighted by atomic mass is 16.2. The fourth-order valence-corrected chi connectivity index (χ4v) is 3.86. The van der Waals surface area contributed by atoms with Crippen LogP contribution in [-0.2, 0) is 13.0 Å². The maximum atomic E-state index is 12.7. The third-order valence-electron chi connectivity index (χ3n) is 5.34. The molecule has 1 atom stereocenters. The zero-order valence-electron chi connectivity index (χ0n) is 16.3. The molecular weight excluding hydrogens is 382 g/mol. The van der Waals surface area contributed by atoms with Crippen molar-refractivity contribution >= 4 is 17.3 Å². The van der Waals surface area contributed by atoms with Crippen LogP contribution in [0.4, 0.5) is 11.4 Å². The standard InChI is InChI=1S/C22H23N5O3/c23-18-19(26-22(30)27-20(18)28)21(29)25-17-11-5-8-14-15(17)9-4-10-16(14)24-12-13-6-2-1-3-7-13/h1-4,6-7,9-10,17,24H,5,8,11-12,23H2,(H,25,29)(H2,26,27,28,30)/t17-/m1/s1. The Morgan fingerprint density at radius 1 is 1.07 bits per heavy atom. The first-order valence-corrected chi connectivity index (χ1v) is 9.85. The number of benzene rings is 2. The molecule has 8 nitrogen and oxygen atoms in total. The number of aromatic amines is 2. The van der Waals surface area contributed by atoms with E-state index in [0.29, 0.717) is 6.54 Å². The van der Waals surface area contributed by atoms with E-state index in [1.807, 2.05) is 41.4 Å². The highest BCUT2D eigenvalue weighted by molar-refractivity contribution is 5.97. The number of rotatable bonds is 5. The molecule has 0 unspecified atom stereocenters. The van der Waals surface area contributed by atoms with Crippen LogP contribution < -0.4 is 27.6 Å². The Morgan fingerprint density at radius 3 is 2.67 bits per heavy atom. The topological polar surface area (TPSA) is 133 Å². The smallest absolute Gasteiger partial charge is 0.326 e. The van der Waals surface area contributed by atoms with Crippen LogP contribution in [-0.4, -0.2) is 15.9 Å². The van der Waals surface area contributed by atoms with Crippen molar-refractivity contribution in [1.29, 1.82) is 0 Å². The van der Waals surface area contributed by atoms with Crippen LogP contribution in [0.2, 0.25) is 0 Å². The van der Waals surface area contributed by atoms with Crippen molar-refractivity contribution in [3.63, 3.8) is 0 Å². The number of carbonyl (C=O) groups excluding carboxylic acids is 1. The van der Waals surface area contributed by atoms with Gasteiger partial charge in [0, 0.05) is 12.2 Å². The summed E-state index contributed by atoms with van der Waals surface area (Å²) < 4.78 is 0. The van der Waals surface area contributed by atoms with Crippen LogP contribution in [0.1, 0.15) is 46.1 Å². The first kappa shape index (κ1) is 19.5. The Morgan fingerprint density at radius 2 is 1.87 bits per heavy atom. The summed E-state index contributed by atoms with van der Waals surface area (Å²) in [5, 5.41) is 6.41. The quantitative estimate of drug-likeness (QED) is 0.443. The second-order valence-electron chi connectivity index (χ2n) is 7.33. The molecule has 0 spiro atoms. The minimum Gasteiger partial charge on any atom is -0.392 e. The van der Waals surface area contributed by atoms with Gasteiger partial charge in [0.15, 0.2) is 0 Å². The number of nitrogens with one attached hydrogen (secondary N) is 4. The molecule has 2 aromatic carbocycles. The Labute approximate surface area is 172 Å². The molecule has 154 valence electrons. The van der Waals surface area contributed by atoms with Crippen molar-refractivity contribution in [3.8, 4) is 0 Å². The summed E-state index contributed by atoms with van der Waals surface area (Å²) in [5.41, 5.74) is 8.04. The van der Waals surface area contributed by atoms with Crippen molar-refractivity contribution in [2.75, 3.05) is 11.1 Å². The summed E-state index contributed by atoms with van der Waals surface area (Å²) in [7, 11) is 0. The molecule has 1 aliphatic carbocycles. The van der Waals surface area contributed by atoms with E-state index in [9.17, 15) is 14.4 Å². The van der Waals surface area contributed by atoms with Crippen molar-refractivity contribution in [3.05, 3.63) is 91.8 Å². The van der Waals surface area contributed by atoms with E-state index in [1.165, 1.54) is 5.56 Å². The summed E-state index contributed by atoms with van der Waals surface area (Å²) in [6.07, 6.45) is 2.57. The molecule has 1 amide bonds. The maximum Gasteiger partial charge on any atom is 0.326 e. The molecule has 30 heavy (non-hydrogen) atoms. The number of fused-ring (bicyclic) bond motifs is 1. The van der Waals surface area contributed by atoms with Crippen LogP contribution in [0.25, 0.3) is 0 Å². The molecular formula is C22H23N5O3. The van der Waals surface area contributed by atoms with Gasteiger partial charge in [0.25, 0.3) is 11.5 Å². The molecule has 0 fully saturated rings. The molecule has 1 aliphatic rings. The summed E-state index contributed by atoms with van der Waals surface area (Å²) in [6, 6.07) is 15.9. The molecule has 4 rings (SSSR count). The summed E-state index contributed by atoms with van der Waals surface area (Å²) in [6.45, 7) is 0.707. The third-order valence-corrected chi connectivity index (χ3v) is 5.34. The summed E-state index contributed by atoms with van der Waals surface area (Å²) in [4.78, 5) is 40.3. The van der Waals surface area contributed by atoms with Gasteiger partial charge >= 0.3 is 5.69 Å². The minimum absolute atomic E-state index is 0.214. The van der Waals surface area contributed by atoms with Gasteiger partial charge in [-0.05, 0) is 42.0 Å². The molecule has 0 saturated carbocycles. The van der Waals surface area contributed by atoms with Crippen molar-refractivity contribution in [1.82, 2.24) is 15.3 Å². The van der Waals surface area contributed by atoms with Crippen LogP contribution in [0, 0.1) is 0 Å². The van der Waals surface area contributed by atoms with Gasteiger partial charge in [-0.1, -0.05) is 42.5 Å². The van der Waals surface area contributed by atoms with Crippen LogP contribution in [0.5, 0.6) is 0 Å². The van der Waals surface area contributed by atoms with Crippen LogP contribution in [0.3, 0.4) is 0 Å². The van der Waals surface area contributed by atoms with Crippen LogP contribution >= 0.6 is 0 Å². The second kappa shape index (κ2) is 8.28. The number of amides is 1. The molecule has 3 aromatic rings. The average Bonchev–Trinajstić information content (AvgIpc) is 2.75. The molecule has 6 N–H and O–H groups in total. The number of nitrogen functional groups attached to an aromatic ring is 1. The lowest BCUT2D eigenvalue weighted by Crippen LogP contribution is -2.36. The van der Waals surface area contributed by atoms with Gasteiger partial charge in [0.1, 0.15) is 11.4 Å². The fraction of sp³-hybridized carbons (Fsp3) is 0.227. The molecule has 0 radical (unpaired) electrons. The average molecular weight is 405 g/mol. The predicted molar refractivity (Wildman–Crippen MR) is 115 cm³/mol. The van der Waals surface area contributed by atoms with Gasteiger partial charge in [-0.2, -0.15) is 0 Å². The number of H-pyrrole nitrogens is 2. The molecule has 0 bridgehead atoms. The van der Waals surface area contributed by atoms with E-state index in [-0.39, 0.29) is 17.4 Å². The van der Waals surface area contributed by atoms with E-state index in [0.717, 1.165) is 36.1 Å². The van der Waals surface area contributed by atoms with E-state index in [2.05, 4.69) is 27.8 Å². The number of nitrogens with two attached hydrogens (primary N) is 1. The molecule has 1 heterocycles. The van der Waals surface area contributed by atoms with Gasteiger partial charge in [-0.3, -0.25) is 14.6 Å². The Bertz CT molecular complexity index is 1180. The summed E-state index contributed by atoms with van der Waals surface area (Å²) >= 11 is 0. The lowest BCUT2D eigenvalue weighted by Gasteiger charge is -2.28. The normalized spacial score (nSPS) is 15.3. The minimum atomic E-state index is -0.777. The number of hydrogen-bond acceptors (Lipinski definition) is 5. The van der Waals surface area contributed by atoms with Gasteiger partial charge in [-0.15, -0.1) is 0 Å². The maximum absolute atomic E-state index is 12.7. The van der Waals surface area contributed by atoms with Crippen molar-refractivity contribution < 1.29 is 4.79 Å². The van der Waals surface area contributed by atoms with E-state index >= 15 is 0 Å². The predicted octanol–water partition coefficient (Wildman–Crippen LogP) is 2.06. The Balaban J connectivity index is 1.56. The van der Waals surface area contributed by atoms with E-state index < -0.39 is 17.2 Å². The van der Waals surface area contributed by atoms with Gasteiger partial charge in [0.05, 0.1) is 6.04 Å². The number of anilines is 2. The highest BCUT2D eigenvalue weighted by Crippen LogP contribution is 2.34. The van der Waals surface area contributed by atoms with Crippen molar-refractivity contribution in [2.24, 2.45) is 0 Å². The zero-order valence-corrected chi connectivity index (χ0v) is 16.3. The second-order valence-corrected chi connectivity index (χ2v) is 7.33. The third kappa shape index (κ3) is 3.98. The zero-order chi connectivity index (χ0) is 21.1. The highest BCUT2D eigenvalue weighted by Gasteiger charge is 2.25. The first-order chi connectivity index (χ1) is 14.5. The van der Waals surface area contributed by atoms with Crippen molar-refractivity contribution in [2.45, 2.75) is 31.8 Å². The molecule has 0 aliphatic heterocycles. The van der Waals surface area contributed by atoms with E-state index in [1.54, 1.807) is 0 Å². The van der Waals surface area contributed by atoms with Crippen LogP contribution in [0.15, 0.2) is 58.1 Å². The van der Waals surface area contributed by atoms with Gasteiger partial charge < -0.3 is 21.4 Å². The van der Waals surface area contributed by atoms with Gasteiger partial charge in [-0.25, -0.2) is 4.79 Å². The fourth-order valence-electron chi connectivity index (χ4n) is 3.86. The number of carbonyl (C=O) groups is 1. The Hall–Kier alpha value is -3.81.